The molecular formula is C6H4ClFILiZn. The Balaban J connectivity index is -0.000000149. The van der Waals surface area contributed by atoms with E-state index in [4.69, 9.17) is 0 Å². The van der Waals surface area contributed by atoms with Crippen LogP contribution < -0.4 is 31.3 Å². The van der Waals surface area contributed by atoms with E-state index in [0.29, 0.717) is 0 Å². The zero-order valence-electron chi connectivity index (χ0n) is 6.15. The summed E-state index contributed by atoms with van der Waals surface area (Å²) in [6, 6.07) is 8.49. The number of halogens is 3. The Hall–Kier alpha value is 1.39. The summed E-state index contributed by atoms with van der Waals surface area (Å²) >= 11 is 3.62. The Morgan fingerprint density at radius 1 is 1.27 bits per heavy atom. The van der Waals surface area contributed by atoms with E-state index in [9.17, 15) is 4.39 Å². The number of hydrogen-bond donors (Lipinski definition) is 0. The standard InChI is InChI=1S/C6H4F.ClH.HI.Li.Zn/c7-6-4-2-1-3-5-6;;;;/h2-5H;2*1H;;/q-1;;;+1;+2/p-2. The third-order valence-corrected chi connectivity index (χ3v) is 0.678. The molecule has 0 aliphatic rings. The molecule has 52 valence electrons. The van der Waals surface area contributed by atoms with Gasteiger partial charge >= 0.3 is 53.4 Å². The topological polar surface area (TPSA) is 0 Å². The fourth-order valence-corrected chi connectivity index (χ4v) is 0.367. The molecule has 0 unspecified atom stereocenters. The number of benzene rings is 1. The van der Waals surface area contributed by atoms with E-state index in [-0.39, 0.29) is 37.1 Å². The summed E-state index contributed by atoms with van der Waals surface area (Å²) in [6.07, 6.45) is 0. The Morgan fingerprint density at radius 2 is 1.64 bits per heavy atom. The Morgan fingerprint density at radius 3 is 1.82 bits per heavy atom. The predicted octanol–water partition coefficient (Wildman–Crippen LogP) is -3.48. The fourth-order valence-electron chi connectivity index (χ4n) is 0.367. The van der Waals surface area contributed by atoms with Gasteiger partial charge in [-0.05, 0) is 0 Å². The van der Waals surface area contributed by atoms with Crippen molar-refractivity contribution in [3.63, 3.8) is 0 Å². The van der Waals surface area contributed by atoms with Crippen LogP contribution in [0.1, 0.15) is 0 Å². The molecule has 0 saturated carbocycles. The third kappa shape index (κ3) is 11.4. The quantitative estimate of drug-likeness (QED) is 0.263. The molecule has 0 bridgehead atoms. The molecule has 0 saturated heterocycles. The van der Waals surface area contributed by atoms with Crippen LogP contribution in [0.2, 0.25) is 0 Å². The van der Waals surface area contributed by atoms with Crippen molar-refractivity contribution in [2.24, 2.45) is 0 Å². The van der Waals surface area contributed by atoms with Crippen molar-refractivity contribution in [1.29, 1.82) is 0 Å². The molecule has 0 nitrogen and oxygen atoms in total. The zero-order chi connectivity index (χ0) is 7.11. The molecule has 0 heterocycles. The van der Waals surface area contributed by atoms with Gasteiger partial charge < -0.3 is 12.4 Å². The first kappa shape index (κ1) is 18.2. The SMILES string of the molecule is Fc1cc[c-]cc1.[Cl-].[Li+].[Zn+][I]. The van der Waals surface area contributed by atoms with E-state index >= 15 is 0 Å². The van der Waals surface area contributed by atoms with Gasteiger partial charge in [-0.1, -0.05) is 0 Å². The van der Waals surface area contributed by atoms with Crippen LogP contribution in [-0.2, 0) is 14.8 Å². The fraction of sp³-hybridized carbons (Fsp3) is 0. The van der Waals surface area contributed by atoms with E-state index in [0.717, 1.165) is 0 Å². The number of rotatable bonds is 0. The molecule has 1 aromatic carbocycles. The summed E-state index contributed by atoms with van der Waals surface area (Å²) in [7, 11) is 0. The predicted molar refractivity (Wildman–Crippen MR) is 39.3 cm³/mol. The summed E-state index contributed by atoms with van der Waals surface area (Å²) in [5.74, 6) is -0.209. The first-order chi connectivity index (χ1) is 4.39. The van der Waals surface area contributed by atoms with Gasteiger partial charge in [0.15, 0.2) is 0 Å². The van der Waals surface area contributed by atoms with E-state index in [1.165, 1.54) is 39.1 Å². The van der Waals surface area contributed by atoms with Crippen molar-refractivity contribution < 1.29 is 50.4 Å². The average Bonchev–Trinajstić information content (AvgIpc) is 1.94. The third-order valence-electron chi connectivity index (χ3n) is 0.678. The molecule has 0 fully saturated rings. The second kappa shape index (κ2) is 13.9. The van der Waals surface area contributed by atoms with Gasteiger partial charge in [-0.15, -0.1) is 12.1 Å². The van der Waals surface area contributed by atoms with Crippen LogP contribution in [0, 0.1) is 11.9 Å². The summed E-state index contributed by atoms with van der Waals surface area (Å²) in [5, 5.41) is 0. The first-order valence-electron chi connectivity index (χ1n) is 2.28. The zero-order valence-corrected chi connectivity index (χ0v) is 12.0. The Bertz CT molecular complexity index is 153. The van der Waals surface area contributed by atoms with Crippen molar-refractivity contribution in [2.45, 2.75) is 0 Å². The molecule has 0 aliphatic heterocycles. The molecule has 1 rings (SSSR count). The second-order valence-corrected chi connectivity index (χ2v) is 1.22. The maximum absolute atomic E-state index is 11.9. The number of hydrogen-bond acceptors (Lipinski definition) is 0. The van der Waals surface area contributed by atoms with Crippen molar-refractivity contribution in [1.82, 2.24) is 0 Å². The van der Waals surface area contributed by atoms with Gasteiger partial charge in [0.25, 0.3) is 0 Å². The molecule has 1 aromatic rings. The van der Waals surface area contributed by atoms with Crippen LogP contribution in [-0.4, -0.2) is 0 Å². The van der Waals surface area contributed by atoms with Crippen LogP contribution in [0.5, 0.6) is 0 Å². The van der Waals surface area contributed by atoms with Crippen LogP contribution in [0.4, 0.5) is 4.39 Å². The van der Waals surface area contributed by atoms with Crippen molar-refractivity contribution in [3.05, 3.63) is 36.1 Å². The molecule has 0 aliphatic carbocycles. The summed E-state index contributed by atoms with van der Waals surface area (Å²) < 4.78 is 11.9. The normalized spacial score (nSPS) is 6.18. The summed E-state index contributed by atoms with van der Waals surface area (Å²) in [4.78, 5) is 0. The van der Waals surface area contributed by atoms with Crippen LogP contribution >= 0.6 is 19.8 Å². The van der Waals surface area contributed by atoms with Crippen LogP contribution in [0.25, 0.3) is 0 Å². The van der Waals surface area contributed by atoms with Gasteiger partial charge in [0.05, 0.1) is 0 Å². The molecule has 0 amide bonds. The van der Waals surface area contributed by atoms with E-state index < -0.39 is 0 Å². The summed E-state index contributed by atoms with van der Waals surface area (Å²) in [5.41, 5.74) is 0. The molecule has 0 radical (unpaired) electrons. The van der Waals surface area contributed by atoms with Gasteiger partial charge in [0, 0.05) is 5.82 Å². The van der Waals surface area contributed by atoms with Crippen LogP contribution in [0.15, 0.2) is 24.3 Å². The Kier molecular flexibility index (Phi) is 23.1. The van der Waals surface area contributed by atoms with E-state index in [2.05, 4.69) is 25.8 Å². The molecule has 0 spiro atoms. The van der Waals surface area contributed by atoms with Crippen molar-refractivity contribution >= 4 is 19.8 Å². The van der Waals surface area contributed by atoms with Crippen molar-refractivity contribution in [2.75, 3.05) is 0 Å². The Labute approximate surface area is 105 Å². The van der Waals surface area contributed by atoms with Crippen molar-refractivity contribution in [3.8, 4) is 0 Å². The first-order valence-corrected chi connectivity index (χ1v) is 11.3. The van der Waals surface area contributed by atoms with Gasteiger partial charge in [-0.3, -0.25) is 0 Å². The minimum absolute atomic E-state index is 0. The summed E-state index contributed by atoms with van der Waals surface area (Å²) in [6.45, 7) is 0. The monoisotopic (exact) mass is 328 g/mol. The van der Waals surface area contributed by atoms with Crippen LogP contribution in [0.3, 0.4) is 0 Å². The maximum atomic E-state index is 11.9. The molecule has 0 N–H and O–H groups in total. The molecule has 0 atom stereocenters. The van der Waals surface area contributed by atoms with Gasteiger partial charge in [-0.25, -0.2) is 4.39 Å². The molecule has 5 heteroatoms. The van der Waals surface area contributed by atoms with Gasteiger partial charge in [0.1, 0.15) is 0 Å². The van der Waals surface area contributed by atoms with Gasteiger partial charge in [0.2, 0.25) is 0 Å². The second-order valence-electron chi connectivity index (χ2n) is 1.22. The van der Waals surface area contributed by atoms with Gasteiger partial charge in [-0.2, -0.15) is 18.2 Å². The average molecular weight is 330 g/mol. The van der Waals surface area contributed by atoms with E-state index in [1.807, 2.05) is 0 Å². The molecule has 11 heavy (non-hydrogen) atoms. The van der Waals surface area contributed by atoms with E-state index in [1.54, 1.807) is 0 Å². The molecule has 0 aromatic heterocycles. The minimum atomic E-state index is -0.209. The molecular weight excluding hydrogens is 326 g/mol.